The van der Waals surface area contributed by atoms with E-state index in [-0.39, 0.29) is 17.7 Å². The topological polar surface area (TPSA) is 30.2 Å². The van der Waals surface area contributed by atoms with Gasteiger partial charge in [-0.25, -0.2) is 4.79 Å². The molecule has 0 aliphatic carbocycles. The van der Waals surface area contributed by atoms with Crippen LogP contribution in [0.2, 0.25) is 0 Å². The number of piperidine rings is 1. The van der Waals surface area contributed by atoms with Gasteiger partial charge < -0.3 is 4.90 Å². The van der Waals surface area contributed by atoms with Crippen LogP contribution in [-0.4, -0.2) is 27.1 Å². The second kappa shape index (κ2) is 8.21. The Labute approximate surface area is 185 Å². The summed E-state index contributed by atoms with van der Waals surface area (Å²) in [5.74, 6) is 0. The lowest BCUT2D eigenvalue weighted by Gasteiger charge is -2.29. The van der Waals surface area contributed by atoms with Gasteiger partial charge in [-0.15, -0.1) is 0 Å². The van der Waals surface area contributed by atoms with Crippen LogP contribution in [-0.2, 0) is 18.9 Å². The molecule has 174 valence electrons. The molecule has 0 spiro atoms. The van der Waals surface area contributed by atoms with Crippen molar-refractivity contribution >= 4 is 11.0 Å². The molecule has 4 nitrogen and oxygen atoms in total. The Morgan fingerprint density at radius 3 is 1.97 bits per heavy atom. The molecule has 2 aromatic carbocycles. The van der Waals surface area contributed by atoms with Crippen molar-refractivity contribution in [3.63, 3.8) is 0 Å². The van der Waals surface area contributed by atoms with E-state index in [1.165, 1.54) is 4.57 Å². The molecule has 4 rings (SSSR count). The van der Waals surface area contributed by atoms with Gasteiger partial charge in [0.1, 0.15) is 0 Å². The maximum absolute atomic E-state index is 13.3. The highest BCUT2D eigenvalue weighted by Crippen LogP contribution is 2.36. The summed E-state index contributed by atoms with van der Waals surface area (Å²) in [5.41, 5.74) is -2.56. The molecule has 10 heteroatoms. The predicted octanol–water partition coefficient (Wildman–Crippen LogP) is 5.12. The number of imidazole rings is 1. The third kappa shape index (κ3) is 4.45. The number of aromatic nitrogens is 2. The number of halogens is 6. The van der Waals surface area contributed by atoms with Crippen molar-refractivity contribution in [3.05, 3.63) is 69.6 Å². The van der Waals surface area contributed by atoms with Crippen molar-refractivity contribution in [2.75, 3.05) is 13.1 Å². The van der Waals surface area contributed by atoms with E-state index in [4.69, 9.17) is 6.42 Å². The smallest absolute Gasteiger partial charge is 0.333 e. The number of fused-ring (bicyclic) bond motifs is 1. The predicted molar refractivity (Wildman–Crippen MR) is 110 cm³/mol. The molecule has 0 radical (unpaired) electrons. The van der Waals surface area contributed by atoms with Gasteiger partial charge >= 0.3 is 18.0 Å². The van der Waals surface area contributed by atoms with Crippen LogP contribution in [0.1, 0.15) is 35.6 Å². The highest BCUT2D eigenvalue weighted by molar-refractivity contribution is 5.76. The van der Waals surface area contributed by atoms with Crippen molar-refractivity contribution < 1.29 is 26.3 Å². The molecule has 1 aliphatic heterocycles. The van der Waals surface area contributed by atoms with Crippen molar-refractivity contribution in [2.24, 2.45) is 0 Å². The molecule has 2 heterocycles. The third-order valence-electron chi connectivity index (χ3n) is 5.87. The minimum atomic E-state index is -4.96. The Kier molecular flexibility index (Phi) is 5.68. The first-order valence-electron chi connectivity index (χ1n) is 10.2. The Hall–Kier alpha value is -3.35. The summed E-state index contributed by atoms with van der Waals surface area (Å²) in [6.07, 6.45) is -3.30. The van der Waals surface area contributed by atoms with Gasteiger partial charge in [0.25, 0.3) is 0 Å². The number of rotatable bonds is 3. The first kappa shape index (κ1) is 22.8. The van der Waals surface area contributed by atoms with Gasteiger partial charge in [-0.05, 0) is 48.7 Å². The standard InChI is InChI=1S/C23H19F6N3O/c1-2-30-9-7-18(8-10-30)32-20-6-4-3-5-19(20)31(21(32)33)14-15-11-16(22(24,25)26)13-17(12-15)23(27,28)29/h1,3-6,11-13,18H,7-10,14H2. The number of terminal acetylenes is 1. The molecule has 0 unspecified atom stereocenters. The number of para-hydroxylation sites is 2. The molecule has 0 atom stereocenters. The number of likely N-dealkylation sites (tertiary alicyclic amines) is 1. The zero-order valence-corrected chi connectivity index (χ0v) is 17.2. The Morgan fingerprint density at radius 2 is 1.45 bits per heavy atom. The molecule has 33 heavy (non-hydrogen) atoms. The molecule has 0 saturated carbocycles. The first-order chi connectivity index (χ1) is 15.5. The summed E-state index contributed by atoms with van der Waals surface area (Å²) in [5, 5.41) is 0. The van der Waals surface area contributed by atoms with Crippen LogP contribution in [0.3, 0.4) is 0 Å². The molecular formula is C23H19F6N3O. The van der Waals surface area contributed by atoms with Gasteiger partial charge in [-0.1, -0.05) is 18.6 Å². The molecule has 0 bridgehead atoms. The van der Waals surface area contributed by atoms with Crippen LogP contribution in [0.15, 0.2) is 47.3 Å². The van der Waals surface area contributed by atoms with Crippen molar-refractivity contribution in [2.45, 2.75) is 37.8 Å². The van der Waals surface area contributed by atoms with E-state index in [2.05, 4.69) is 6.04 Å². The van der Waals surface area contributed by atoms with E-state index in [1.54, 1.807) is 33.7 Å². The minimum Gasteiger partial charge on any atom is -0.333 e. The van der Waals surface area contributed by atoms with E-state index in [9.17, 15) is 31.1 Å². The SMILES string of the molecule is C#CN1CCC(n2c(=O)n(Cc3cc(C(F)(F)F)cc(C(F)(F)F)c3)c3ccccc32)CC1. The van der Waals surface area contributed by atoms with Gasteiger partial charge in [0.15, 0.2) is 0 Å². The van der Waals surface area contributed by atoms with Crippen molar-refractivity contribution in [1.29, 1.82) is 0 Å². The largest absolute Gasteiger partial charge is 0.416 e. The van der Waals surface area contributed by atoms with Crippen LogP contribution < -0.4 is 5.69 Å². The van der Waals surface area contributed by atoms with Gasteiger partial charge in [0, 0.05) is 25.2 Å². The Balaban J connectivity index is 1.80. The fraction of sp³-hybridized carbons (Fsp3) is 0.348. The van der Waals surface area contributed by atoms with Crippen LogP contribution in [0.25, 0.3) is 11.0 Å². The summed E-state index contributed by atoms with van der Waals surface area (Å²) in [6.45, 7) is 0.730. The maximum Gasteiger partial charge on any atom is 0.416 e. The van der Waals surface area contributed by atoms with Gasteiger partial charge in [0.2, 0.25) is 0 Å². The van der Waals surface area contributed by atoms with Gasteiger partial charge in [0.05, 0.1) is 28.7 Å². The van der Waals surface area contributed by atoms with Gasteiger partial charge in [-0.3, -0.25) is 9.13 Å². The molecule has 1 aliphatic rings. The lowest BCUT2D eigenvalue weighted by atomic mass is 10.0. The highest BCUT2D eigenvalue weighted by Gasteiger charge is 2.37. The number of benzene rings is 2. The lowest BCUT2D eigenvalue weighted by Crippen LogP contribution is -2.35. The average Bonchev–Trinajstić information content (AvgIpc) is 3.04. The molecule has 1 saturated heterocycles. The summed E-state index contributed by atoms with van der Waals surface area (Å²) >= 11 is 0. The fourth-order valence-corrected chi connectivity index (χ4v) is 4.28. The third-order valence-corrected chi connectivity index (χ3v) is 5.87. The summed E-state index contributed by atoms with van der Waals surface area (Å²) < 4.78 is 82.3. The zero-order chi connectivity index (χ0) is 24.0. The van der Waals surface area contributed by atoms with Crippen LogP contribution in [0, 0.1) is 12.5 Å². The monoisotopic (exact) mass is 467 g/mol. The quantitative estimate of drug-likeness (QED) is 0.396. The van der Waals surface area contributed by atoms with Gasteiger partial charge in [-0.2, -0.15) is 26.3 Å². The normalized spacial score (nSPS) is 15.7. The van der Waals surface area contributed by atoms with Crippen LogP contribution in [0.4, 0.5) is 26.3 Å². The van der Waals surface area contributed by atoms with E-state index in [1.807, 2.05) is 0 Å². The summed E-state index contributed by atoms with van der Waals surface area (Å²) in [6, 6.07) is 10.5. The molecule has 3 aromatic rings. The second-order valence-electron chi connectivity index (χ2n) is 7.99. The number of nitrogens with zero attached hydrogens (tertiary/aromatic N) is 3. The summed E-state index contributed by atoms with van der Waals surface area (Å²) in [7, 11) is 0. The molecule has 0 N–H and O–H groups in total. The first-order valence-corrected chi connectivity index (χ1v) is 10.2. The second-order valence-corrected chi connectivity index (χ2v) is 7.99. The van der Waals surface area contributed by atoms with E-state index in [0.717, 1.165) is 0 Å². The molecular weight excluding hydrogens is 448 g/mol. The summed E-state index contributed by atoms with van der Waals surface area (Å²) in [4.78, 5) is 15.1. The zero-order valence-electron chi connectivity index (χ0n) is 17.2. The van der Waals surface area contributed by atoms with E-state index in [0.29, 0.717) is 49.1 Å². The molecule has 0 amide bonds. The number of alkyl halides is 6. The average molecular weight is 467 g/mol. The fourth-order valence-electron chi connectivity index (χ4n) is 4.28. The van der Waals surface area contributed by atoms with Crippen LogP contribution >= 0.6 is 0 Å². The number of hydrogen-bond acceptors (Lipinski definition) is 2. The maximum atomic E-state index is 13.3. The van der Waals surface area contributed by atoms with E-state index < -0.39 is 35.7 Å². The van der Waals surface area contributed by atoms with Crippen LogP contribution in [0.5, 0.6) is 0 Å². The van der Waals surface area contributed by atoms with E-state index >= 15 is 0 Å². The number of hydrogen-bond donors (Lipinski definition) is 0. The molecule has 1 aromatic heterocycles. The Bertz CT molecular complexity index is 1240. The molecule has 1 fully saturated rings. The van der Waals surface area contributed by atoms with Crippen molar-refractivity contribution in [1.82, 2.24) is 14.0 Å². The Morgan fingerprint density at radius 1 is 0.909 bits per heavy atom. The highest BCUT2D eigenvalue weighted by atomic mass is 19.4. The lowest BCUT2D eigenvalue weighted by molar-refractivity contribution is -0.143. The minimum absolute atomic E-state index is 0.0782. The van der Waals surface area contributed by atoms with Crippen molar-refractivity contribution in [3.8, 4) is 12.5 Å².